The molecule has 1 unspecified atom stereocenters. The molecule has 2 aliphatic rings. The van der Waals surface area contributed by atoms with Crippen LogP contribution in [0.2, 0.25) is 0 Å². The average molecular weight is 461 g/mol. The van der Waals surface area contributed by atoms with E-state index in [2.05, 4.69) is 10.1 Å². The highest BCUT2D eigenvalue weighted by molar-refractivity contribution is 6.07. The molecule has 33 heavy (non-hydrogen) atoms. The van der Waals surface area contributed by atoms with Crippen molar-refractivity contribution in [2.24, 2.45) is 5.92 Å². The third-order valence-electron chi connectivity index (χ3n) is 6.13. The number of nitrogens with zero attached hydrogens (tertiary/aromatic N) is 3. The van der Waals surface area contributed by atoms with Crippen LogP contribution in [0.15, 0.2) is 34.9 Å². The number of halogens is 3. The van der Waals surface area contributed by atoms with Gasteiger partial charge in [0.25, 0.3) is 11.6 Å². The minimum Gasteiger partial charge on any atom is -0.350 e. The van der Waals surface area contributed by atoms with Crippen molar-refractivity contribution >= 4 is 17.0 Å². The smallest absolute Gasteiger partial charge is 0.350 e. The van der Waals surface area contributed by atoms with Gasteiger partial charge in [0.2, 0.25) is 0 Å². The van der Waals surface area contributed by atoms with Crippen LogP contribution in [-0.2, 0) is 15.7 Å². The Kier molecular flexibility index (Phi) is 5.57. The second-order valence-electron chi connectivity index (χ2n) is 8.31. The van der Waals surface area contributed by atoms with Gasteiger partial charge >= 0.3 is 6.18 Å². The van der Waals surface area contributed by atoms with E-state index in [9.17, 15) is 18.0 Å². The van der Waals surface area contributed by atoms with E-state index in [1.807, 2.05) is 0 Å². The van der Waals surface area contributed by atoms with Crippen LogP contribution < -0.4 is 0 Å². The standard InChI is InChI=1S/C23H22F3N3O4/c1-13-19-16(21(30)29-8-4-5-14(12-29)22-31-9-10-32-22)11-18(27-20(19)33-28-13)15-6-2-3-7-17(15)23(24,25)26/h2-3,6-7,11,14,22H,4-5,8-10,12H2,1H3. The van der Waals surface area contributed by atoms with E-state index in [1.54, 1.807) is 11.8 Å². The molecule has 0 bridgehead atoms. The minimum absolute atomic E-state index is 0.00550. The van der Waals surface area contributed by atoms with Crippen LogP contribution in [0, 0.1) is 12.8 Å². The Morgan fingerprint density at radius 2 is 1.94 bits per heavy atom. The number of ether oxygens (including phenoxy) is 2. The molecule has 4 heterocycles. The number of likely N-dealkylation sites (tertiary alicyclic amines) is 1. The van der Waals surface area contributed by atoms with Crippen LogP contribution in [0.3, 0.4) is 0 Å². The maximum absolute atomic E-state index is 13.6. The molecule has 10 heteroatoms. The van der Waals surface area contributed by atoms with E-state index >= 15 is 0 Å². The zero-order valence-corrected chi connectivity index (χ0v) is 17.9. The predicted octanol–water partition coefficient (Wildman–Crippen LogP) is 4.44. The third kappa shape index (κ3) is 4.08. The van der Waals surface area contributed by atoms with Gasteiger partial charge in [0.15, 0.2) is 6.29 Å². The van der Waals surface area contributed by atoms with Crippen LogP contribution in [0.25, 0.3) is 22.4 Å². The van der Waals surface area contributed by atoms with Gasteiger partial charge < -0.3 is 18.9 Å². The third-order valence-corrected chi connectivity index (χ3v) is 6.13. The molecule has 5 rings (SSSR count). The number of hydrogen-bond donors (Lipinski definition) is 0. The lowest BCUT2D eigenvalue weighted by atomic mass is 9.95. The molecular weight excluding hydrogens is 439 g/mol. The van der Waals surface area contributed by atoms with Crippen LogP contribution in [0.4, 0.5) is 13.2 Å². The van der Waals surface area contributed by atoms with Crippen molar-refractivity contribution in [2.45, 2.75) is 32.2 Å². The van der Waals surface area contributed by atoms with E-state index in [0.717, 1.165) is 18.9 Å². The fourth-order valence-electron chi connectivity index (χ4n) is 4.59. The highest BCUT2D eigenvalue weighted by Crippen LogP contribution is 2.38. The van der Waals surface area contributed by atoms with Gasteiger partial charge in [-0.3, -0.25) is 4.79 Å². The van der Waals surface area contributed by atoms with Gasteiger partial charge in [-0.15, -0.1) is 0 Å². The van der Waals surface area contributed by atoms with Crippen molar-refractivity contribution in [2.75, 3.05) is 26.3 Å². The number of carbonyl (C=O) groups excluding carboxylic acids is 1. The van der Waals surface area contributed by atoms with Gasteiger partial charge in [-0.1, -0.05) is 23.4 Å². The molecule has 1 aromatic carbocycles. The van der Waals surface area contributed by atoms with E-state index in [4.69, 9.17) is 14.0 Å². The van der Waals surface area contributed by atoms with Crippen molar-refractivity contribution in [3.05, 3.63) is 47.2 Å². The van der Waals surface area contributed by atoms with E-state index in [-0.39, 0.29) is 40.6 Å². The van der Waals surface area contributed by atoms with Crippen molar-refractivity contribution in [3.63, 3.8) is 0 Å². The van der Waals surface area contributed by atoms with Gasteiger partial charge in [-0.05, 0) is 31.9 Å². The molecule has 7 nitrogen and oxygen atoms in total. The molecule has 0 aliphatic carbocycles. The van der Waals surface area contributed by atoms with E-state index in [1.165, 1.54) is 24.3 Å². The molecule has 0 N–H and O–H groups in total. The largest absolute Gasteiger partial charge is 0.417 e. The Labute approximate surface area is 187 Å². The first-order valence-electron chi connectivity index (χ1n) is 10.8. The molecule has 2 aromatic heterocycles. The summed E-state index contributed by atoms with van der Waals surface area (Å²) in [7, 11) is 0. The molecule has 2 aliphatic heterocycles. The van der Waals surface area contributed by atoms with E-state index in [0.29, 0.717) is 37.4 Å². The summed E-state index contributed by atoms with van der Waals surface area (Å²) in [6.07, 6.45) is -3.27. The number of rotatable bonds is 3. The summed E-state index contributed by atoms with van der Waals surface area (Å²) in [6.45, 7) is 3.70. The van der Waals surface area contributed by atoms with E-state index < -0.39 is 11.7 Å². The first-order chi connectivity index (χ1) is 15.8. The van der Waals surface area contributed by atoms with Crippen molar-refractivity contribution in [1.29, 1.82) is 0 Å². The molecule has 1 atom stereocenters. The number of piperidine rings is 1. The minimum atomic E-state index is -4.57. The van der Waals surface area contributed by atoms with Crippen molar-refractivity contribution < 1.29 is 32.0 Å². The molecule has 2 saturated heterocycles. The van der Waals surface area contributed by atoms with Gasteiger partial charge in [-0.2, -0.15) is 13.2 Å². The quantitative estimate of drug-likeness (QED) is 0.574. The number of aromatic nitrogens is 2. The summed E-state index contributed by atoms with van der Waals surface area (Å²) in [5.41, 5.74) is -0.251. The average Bonchev–Trinajstić information content (AvgIpc) is 3.48. The van der Waals surface area contributed by atoms with Crippen LogP contribution in [0.1, 0.15) is 34.5 Å². The summed E-state index contributed by atoms with van der Waals surface area (Å²) in [5.74, 6) is -0.265. The number of hydrogen-bond acceptors (Lipinski definition) is 6. The maximum atomic E-state index is 13.6. The highest BCUT2D eigenvalue weighted by atomic mass is 19.4. The number of fused-ring (bicyclic) bond motifs is 1. The molecule has 0 spiro atoms. The molecule has 1 amide bonds. The molecule has 2 fully saturated rings. The van der Waals surface area contributed by atoms with Crippen molar-refractivity contribution in [3.8, 4) is 11.3 Å². The number of aryl methyl sites for hydroxylation is 1. The summed E-state index contributed by atoms with van der Waals surface area (Å²) < 4.78 is 57.4. The summed E-state index contributed by atoms with van der Waals surface area (Å²) in [6, 6.07) is 6.55. The lowest BCUT2D eigenvalue weighted by molar-refractivity contribution is -0.137. The fraction of sp³-hybridized carbons (Fsp3) is 0.435. The fourth-order valence-corrected chi connectivity index (χ4v) is 4.59. The molecule has 3 aromatic rings. The second-order valence-corrected chi connectivity index (χ2v) is 8.31. The van der Waals surface area contributed by atoms with Gasteiger partial charge in [0.1, 0.15) is 0 Å². The predicted molar refractivity (Wildman–Crippen MR) is 111 cm³/mol. The number of pyridine rings is 1. The number of carbonyl (C=O) groups is 1. The number of benzene rings is 1. The van der Waals surface area contributed by atoms with Crippen LogP contribution in [0.5, 0.6) is 0 Å². The normalized spacial score (nSPS) is 20.0. The SMILES string of the molecule is Cc1noc2nc(-c3ccccc3C(F)(F)F)cc(C(=O)N3CCCC(C4OCCO4)C3)c12. The monoisotopic (exact) mass is 461 g/mol. The Hall–Kier alpha value is -2.98. The van der Waals surface area contributed by atoms with Gasteiger partial charge in [-0.25, -0.2) is 4.98 Å². The first kappa shape index (κ1) is 21.8. The Morgan fingerprint density at radius 1 is 1.18 bits per heavy atom. The zero-order valence-electron chi connectivity index (χ0n) is 17.9. The first-order valence-corrected chi connectivity index (χ1v) is 10.8. The molecule has 0 radical (unpaired) electrons. The number of amides is 1. The second kappa shape index (κ2) is 8.42. The van der Waals surface area contributed by atoms with Crippen LogP contribution in [-0.4, -0.2) is 53.5 Å². The lowest BCUT2D eigenvalue weighted by Gasteiger charge is -2.34. The summed E-state index contributed by atoms with van der Waals surface area (Å²) in [4.78, 5) is 19.6. The Balaban J connectivity index is 1.56. The zero-order chi connectivity index (χ0) is 23.2. The van der Waals surface area contributed by atoms with Gasteiger partial charge in [0.05, 0.1) is 41.1 Å². The topological polar surface area (TPSA) is 77.7 Å². The molecular formula is C23H22F3N3O4. The lowest BCUT2D eigenvalue weighted by Crippen LogP contribution is -2.44. The summed E-state index contributed by atoms with van der Waals surface area (Å²) in [5, 5.41) is 4.30. The molecule has 0 saturated carbocycles. The Bertz CT molecular complexity index is 1190. The van der Waals surface area contributed by atoms with Gasteiger partial charge in [0, 0.05) is 24.6 Å². The van der Waals surface area contributed by atoms with Crippen molar-refractivity contribution in [1.82, 2.24) is 15.0 Å². The molecule has 174 valence electrons. The highest BCUT2D eigenvalue weighted by Gasteiger charge is 2.36. The summed E-state index contributed by atoms with van der Waals surface area (Å²) >= 11 is 0. The number of alkyl halides is 3. The Morgan fingerprint density at radius 3 is 2.70 bits per heavy atom. The maximum Gasteiger partial charge on any atom is 0.417 e. The van der Waals surface area contributed by atoms with Crippen LogP contribution >= 0.6 is 0 Å².